The molecule has 11 nitrogen and oxygen atoms in total. The number of carbonyl (C=O) groups is 2. The Morgan fingerprint density at radius 3 is 2.21 bits per heavy atom. The molecule has 0 aromatic heterocycles. The van der Waals surface area contributed by atoms with E-state index in [9.17, 15) is 28.1 Å². The van der Waals surface area contributed by atoms with E-state index in [1.807, 2.05) is 0 Å². The second kappa shape index (κ2) is 12.8. The Labute approximate surface area is 238 Å². The van der Waals surface area contributed by atoms with Crippen LogP contribution < -0.4 is 14.4 Å². The van der Waals surface area contributed by atoms with Gasteiger partial charge >= 0.3 is 0 Å². The smallest absolute Gasteiger partial charge is 0.271 e. The lowest BCUT2D eigenvalue weighted by atomic mass is 10.1. The first-order valence-corrected chi connectivity index (χ1v) is 14.4. The van der Waals surface area contributed by atoms with Gasteiger partial charge in [-0.25, -0.2) is 8.42 Å². The van der Waals surface area contributed by atoms with E-state index in [4.69, 9.17) is 27.9 Å². The van der Waals surface area contributed by atoms with Gasteiger partial charge in [0.05, 0.1) is 18.3 Å². The van der Waals surface area contributed by atoms with Crippen molar-refractivity contribution in [3.05, 3.63) is 62.1 Å². The molecule has 2 aromatic carbocycles. The van der Waals surface area contributed by atoms with Gasteiger partial charge < -0.3 is 15.0 Å². The van der Waals surface area contributed by atoms with Gasteiger partial charge in [-0.2, -0.15) is 0 Å². The molecule has 1 N–H and O–H groups in total. The number of methoxy groups -OCH3 is 1. The molecule has 2 aromatic rings. The molecule has 214 valence electrons. The molecule has 0 saturated heterocycles. The average molecular weight is 604 g/mol. The molecule has 0 unspecified atom stereocenters. The normalized spacial score (nSPS) is 12.4. The molecule has 0 aliphatic heterocycles. The average Bonchev–Trinajstić information content (AvgIpc) is 2.81. The molecule has 0 heterocycles. The van der Waals surface area contributed by atoms with Crippen molar-refractivity contribution < 1.29 is 27.7 Å². The third kappa shape index (κ3) is 8.45. The maximum absolute atomic E-state index is 13.9. The zero-order valence-corrected chi connectivity index (χ0v) is 24.9. The Morgan fingerprint density at radius 1 is 1.15 bits per heavy atom. The van der Waals surface area contributed by atoms with E-state index in [2.05, 4.69) is 5.32 Å². The minimum absolute atomic E-state index is 0.00274. The van der Waals surface area contributed by atoms with Crippen molar-refractivity contribution in [3.8, 4) is 5.75 Å². The molecule has 39 heavy (non-hydrogen) atoms. The van der Waals surface area contributed by atoms with Gasteiger partial charge in [-0.05, 0) is 45.4 Å². The topological polar surface area (TPSA) is 139 Å². The molecule has 0 spiro atoms. The Hall–Kier alpha value is -3.09. The molecule has 2 amide bonds. The van der Waals surface area contributed by atoms with E-state index >= 15 is 0 Å². The van der Waals surface area contributed by atoms with Gasteiger partial charge in [-0.3, -0.25) is 24.0 Å². The van der Waals surface area contributed by atoms with Gasteiger partial charge in [-0.1, -0.05) is 36.2 Å². The molecule has 0 aliphatic carbocycles. The lowest BCUT2D eigenvalue weighted by Crippen LogP contribution is -2.55. The molecule has 0 radical (unpaired) electrons. The van der Waals surface area contributed by atoms with Gasteiger partial charge in [-0.15, -0.1) is 0 Å². The first kappa shape index (κ1) is 32.1. The van der Waals surface area contributed by atoms with Gasteiger partial charge in [0.2, 0.25) is 21.8 Å². The third-order valence-corrected chi connectivity index (χ3v) is 7.43. The highest BCUT2D eigenvalue weighted by atomic mass is 35.5. The van der Waals surface area contributed by atoms with Crippen LogP contribution in [0.4, 0.5) is 11.4 Å². The van der Waals surface area contributed by atoms with Gasteiger partial charge in [0.15, 0.2) is 0 Å². The number of nitrogens with zero attached hydrogens (tertiary/aromatic N) is 3. The van der Waals surface area contributed by atoms with Gasteiger partial charge in [0.1, 0.15) is 24.0 Å². The summed E-state index contributed by atoms with van der Waals surface area (Å²) in [5, 5.41) is 14.8. The monoisotopic (exact) mass is 602 g/mol. The van der Waals surface area contributed by atoms with E-state index in [0.717, 1.165) is 18.4 Å². The number of nitrogens with one attached hydrogen (secondary N) is 1. The van der Waals surface area contributed by atoms with Crippen molar-refractivity contribution in [1.29, 1.82) is 0 Å². The first-order valence-electron chi connectivity index (χ1n) is 11.8. The lowest BCUT2D eigenvalue weighted by Gasteiger charge is -2.35. The number of rotatable bonds is 11. The summed E-state index contributed by atoms with van der Waals surface area (Å²) in [6, 6.07) is 7.17. The highest BCUT2D eigenvalue weighted by Crippen LogP contribution is 2.34. The SMILES string of the molecule is CC[C@H](C(=O)NC(C)(C)C)N(Cc1c(Cl)cccc1Cl)C(=O)CN(c1cc([N+](=O)[O-])ccc1OC)S(C)(=O)=O. The minimum atomic E-state index is -4.16. The number of non-ortho nitro benzene ring substituents is 1. The van der Waals surface area contributed by atoms with Crippen LogP contribution in [-0.4, -0.2) is 61.5 Å². The number of carbonyl (C=O) groups excluding carboxylic acids is 2. The maximum Gasteiger partial charge on any atom is 0.271 e. The fourth-order valence-electron chi connectivity index (χ4n) is 3.81. The molecule has 0 saturated carbocycles. The summed E-state index contributed by atoms with van der Waals surface area (Å²) in [6.45, 7) is 6.09. The highest BCUT2D eigenvalue weighted by Gasteiger charge is 2.34. The van der Waals surface area contributed by atoms with Crippen LogP contribution in [0.15, 0.2) is 36.4 Å². The Kier molecular flexibility index (Phi) is 10.6. The molecule has 14 heteroatoms. The van der Waals surface area contributed by atoms with Crippen LogP contribution in [0.25, 0.3) is 0 Å². The molecule has 0 aliphatic rings. The lowest BCUT2D eigenvalue weighted by molar-refractivity contribution is -0.384. The number of ether oxygens (including phenoxy) is 1. The summed E-state index contributed by atoms with van der Waals surface area (Å²) < 4.78 is 31.7. The number of sulfonamides is 1. The van der Waals surface area contributed by atoms with Crippen LogP contribution >= 0.6 is 23.2 Å². The number of amides is 2. The zero-order chi connectivity index (χ0) is 29.7. The van der Waals surface area contributed by atoms with E-state index in [-0.39, 0.29) is 34.4 Å². The van der Waals surface area contributed by atoms with Crippen molar-refractivity contribution in [2.75, 3.05) is 24.2 Å². The number of nitro groups is 1. The van der Waals surface area contributed by atoms with Crippen LogP contribution in [0.1, 0.15) is 39.7 Å². The maximum atomic E-state index is 13.9. The number of halogens is 2. The van der Waals surface area contributed by atoms with Crippen molar-refractivity contribution in [2.45, 2.75) is 52.2 Å². The van der Waals surface area contributed by atoms with Crippen LogP contribution in [-0.2, 0) is 26.2 Å². The van der Waals surface area contributed by atoms with Crippen LogP contribution in [0.2, 0.25) is 10.0 Å². The number of hydrogen-bond acceptors (Lipinski definition) is 7. The Balaban J connectivity index is 2.64. The number of anilines is 1. The first-order chi connectivity index (χ1) is 18.0. The fraction of sp³-hybridized carbons (Fsp3) is 0.440. The van der Waals surface area contributed by atoms with Crippen LogP contribution in [0.3, 0.4) is 0 Å². The largest absolute Gasteiger partial charge is 0.495 e. The molecule has 0 bridgehead atoms. The second-order valence-electron chi connectivity index (χ2n) is 9.77. The highest BCUT2D eigenvalue weighted by molar-refractivity contribution is 7.92. The number of hydrogen-bond donors (Lipinski definition) is 1. The van der Waals surface area contributed by atoms with E-state index in [1.165, 1.54) is 18.1 Å². The summed E-state index contributed by atoms with van der Waals surface area (Å²) in [4.78, 5) is 39.0. The Bertz CT molecular complexity index is 1330. The fourth-order valence-corrected chi connectivity index (χ4v) is 5.17. The summed E-state index contributed by atoms with van der Waals surface area (Å²) >= 11 is 12.7. The number of nitro benzene ring substituents is 1. The quantitative estimate of drug-likeness (QED) is 0.297. The summed E-state index contributed by atoms with van der Waals surface area (Å²) in [7, 11) is -2.90. The Morgan fingerprint density at radius 2 is 1.74 bits per heavy atom. The van der Waals surface area contributed by atoms with Crippen molar-refractivity contribution in [2.24, 2.45) is 0 Å². The van der Waals surface area contributed by atoms with E-state index in [0.29, 0.717) is 9.87 Å². The summed E-state index contributed by atoms with van der Waals surface area (Å²) in [5.41, 5.74) is -0.848. The van der Waals surface area contributed by atoms with E-state index < -0.39 is 50.6 Å². The van der Waals surface area contributed by atoms with Crippen LogP contribution in [0, 0.1) is 10.1 Å². The van der Waals surface area contributed by atoms with Gasteiger partial charge in [0, 0.05) is 39.8 Å². The van der Waals surface area contributed by atoms with E-state index in [1.54, 1.807) is 45.9 Å². The number of benzene rings is 2. The third-order valence-electron chi connectivity index (χ3n) is 5.60. The molecular formula is C25H32Cl2N4O7S. The second-order valence-corrected chi connectivity index (χ2v) is 12.5. The molecular weight excluding hydrogens is 571 g/mol. The predicted molar refractivity (Wildman–Crippen MR) is 151 cm³/mol. The molecule has 2 rings (SSSR count). The van der Waals surface area contributed by atoms with Crippen molar-refractivity contribution in [3.63, 3.8) is 0 Å². The minimum Gasteiger partial charge on any atom is -0.495 e. The predicted octanol–water partition coefficient (Wildman–Crippen LogP) is 4.40. The molecule has 1 atom stereocenters. The summed E-state index contributed by atoms with van der Waals surface area (Å²) in [6.07, 6.45) is 1.05. The van der Waals surface area contributed by atoms with Gasteiger partial charge in [0.25, 0.3) is 5.69 Å². The van der Waals surface area contributed by atoms with Crippen molar-refractivity contribution in [1.82, 2.24) is 10.2 Å². The van der Waals surface area contributed by atoms with Crippen molar-refractivity contribution >= 4 is 56.4 Å². The standard InChI is InChI=1S/C25H32Cl2N4O7S/c1-7-20(24(33)28-25(2,3)4)29(14-17-18(26)9-8-10-19(17)27)23(32)15-30(39(6,36)37)21-13-16(31(34)35)11-12-22(21)38-5/h8-13,20H,7,14-15H2,1-6H3,(H,28,33)/t20-/m1/s1. The zero-order valence-electron chi connectivity index (χ0n) is 22.5. The van der Waals surface area contributed by atoms with Crippen LogP contribution in [0.5, 0.6) is 5.75 Å². The summed E-state index contributed by atoms with van der Waals surface area (Å²) in [5.74, 6) is -1.22. The molecule has 0 fully saturated rings.